The van der Waals surface area contributed by atoms with E-state index in [1.54, 1.807) is 6.08 Å². The van der Waals surface area contributed by atoms with Crippen LogP contribution in [0, 0.1) is 42.4 Å². The minimum absolute atomic E-state index is 0. The van der Waals surface area contributed by atoms with E-state index in [9.17, 15) is 0 Å². The van der Waals surface area contributed by atoms with Crippen LogP contribution in [0.5, 0.6) is 0 Å². The van der Waals surface area contributed by atoms with Crippen LogP contribution >= 0.6 is 30.3 Å². The fourth-order valence-corrected chi connectivity index (χ4v) is 1.89. The molecule has 0 nitrogen and oxygen atoms in total. The number of hydrogen-bond acceptors (Lipinski definition) is 0. The van der Waals surface area contributed by atoms with Crippen LogP contribution in [-0.4, -0.2) is 0 Å². The molecule has 0 aromatic heterocycles. The van der Waals surface area contributed by atoms with Gasteiger partial charge in [-0.2, -0.15) is 13.3 Å². The second-order valence-electron chi connectivity index (χ2n) is 10.8. The van der Waals surface area contributed by atoms with Gasteiger partial charge in [0.1, 0.15) is 0 Å². The molecule has 37 heavy (non-hydrogen) atoms. The maximum absolute atomic E-state index is 4.89. The van der Waals surface area contributed by atoms with Gasteiger partial charge in [-0.3, -0.25) is 0 Å². The van der Waals surface area contributed by atoms with Crippen molar-refractivity contribution in [3.8, 4) is 0 Å². The molecule has 0 aromatic carbocycles. The Balaban J connectivity index is -0.0000000258. The van der Waals surface area contributed by atoms with Gasteiger partial charge in [-0.05, 0) is 37.0 Å². The van der Waals surface area contributed by atoms with Crippen molar-refractivity contribution in [2.45, 2.75) is 164 Å². The Bertz CT molecular complexity index is 259. The zero-order chi connectivity index (χ0) is 31.1. The van der Waals surface area contributed by atoms with Gasteiger partial charge in [0.25, 0.3) is 0 Å². The first kappa shape index (κ1) is 61.9. The average molecular weight is 641 g/mol. The zero-order valence-electron chi connectivity index (χ0n) is 28.3. The van der Waals surface area contributed by atoms with Crippen LogP contribution in [0.2, 0.25) is 0 Å². The summed E-state index contributed by atoms with van der Waals surface area (Å²) in [5.41, 5.74) is 0. The molecule has 0 aliphatic carbocycles. The second kappa shape index (κ2) is 65.8. The molecular weight excluding hydrogens is 559 g/mol. The third-order valence-electron chi connectivity index (χ3n) is 2.36. The van der Waals surface area contributed by atoms with Gasteiger partial charge in [0.2, 0.25) is 0 Å². The molecule has 0 spiro atoms. The second-order valence-corrected chi connectivity index (χ2v) is 16.3. The molecule has 0 fully saturated rings. The Hall–Kier alpha value is 0.999. The summed E-state index contributed by atoms with van der Waals surface area (Å²) in [5.74, 6) is 4.27. The summed E-state index contributed by atoms with van der Waals surface area (Å²) >= 11 is -1.33. The van der Waals surface area contributed by atoms with Crippen molar-refractivity contribution >= 4 is 30.3 Å². The number of rotatable bonds is 6. The summed E-state index contributed by atoms with van der Waals surface area (Å²) in [6.45, 7) is 42.4. The summed E-state index contributed by atoms with van der Waals surface area (Å²) in [7, 11) is 14.7. The van der Waals surface area contributed by atoms with E-state index >= 15 is 0 Å². The molecule has 0 amide bonds. The molecule has 0 rings (SSSR count). The quantitative estimate of drug-likeness (QED) is 0.154. The molecule has 0 saturated heterocycles. The van der Waals surface area contributed by atoms with Crippen molar-refractivity contribution in [1.29, 1.82) is 0 Å². The summed E-state index contributed by atoms with van der Waals surface area (Å²) in [6, 6.07) is 0. The third-order valence-corrected chi connectivity index (χ3v) is 2.36. The minimum atomic E-state index is -1.33. The van der Waals surface area contributed by atoms with E-state index in [4.69, 9.17) is 30.3 Å². The SMILES string of the molecule is C.C=CC.CC(C)C.CC(C)CC(C)C.CCC.CCC.C[CH+]CC(C)C.C[CH-]CC(C)C.[Cl][Fe]([Cl])[Cl].[HH].[HH]. The molecule has 0 saturated carbocycles. The first-order valence-electron chi connectivity index (χ1n) is 14.2. The third kappa shape index (κ3) is 375. The topological polar surface area (TPSA) is 0 Å². The summed E-state index contributed by atoms with van der Waals surface area (Å²) in [5, 5.41) is 0. The van der Waals surface area contributed by atoms with Gasteiger partial charge in [-0.25, -0.2) is 0 Å². The van der Waals surface area contributed by atoms with Crippen molar-refractivity contribution in [2.75, 3.05) is 0 Å². The van der Waals surface area contributed by atoms with Gasteiger partial charge < -0.3 is 6.42 Å². The standard InChI is InChI=1S/C7H16.2C6H13.C4H10.2C3H8.C3H6.CH4.3ClH.Fe.2H2/c1-6(2)5-7(3)4;2*1-4-5-6(2)3;1-4(2)3;3*1-3-2;;;;;;;/h6-7H,5H2,1-4H3;2*4,6H,5H2,1-3H3;4H,1-3H3;2*3H2,1-2H3;3H,1H2,2H3;1H4;3*1H;;2*1H/q;-1;+1;;;;;;;;;+3;;/p-3. The maximum atomic E-state index is 4.89. The molecule has 0 unspecified atom stereocenters. The van der Waals surface area contributed by atoms with Crippen molar-refractivity contribution in [1.82, 2.24) is 0 Å². The van der Waals surface area contributed by atoms with Crippen LogP contribution in [0.4, 0.5) is 0 Å². The Labute approximate surface area is 262 Å². The van der Waals surface area contributed by atoms with Crippen molar-refractivity contribution < 1.29 is 14.0 Å². The molecule has 0 radical (unpaired) electrons. The molecule has 0 aromatic rings. The van der Waals surface area contributed by atoms with Gasteiger partial charge in [0, 0.05) is 2.85 Å². The van der Waals surface area contributed by atoms with Crippen LogP contribution in [-0.2, 0) is 11.2 Å². The molecule has 0 aliphatic heterocycles. The number of allylic oxidation sites excluding steroid dienone is 1. The van der Waals surface area contributed by atoms with Gasteiger partial charge >= 0.3 is 41.5 Å². The largest absolute Gasteiger partial charge is 0 e. The van der Waals surface area contributed by atoms with E-state index in [0.717, 1.165) is 29.6 Å². The Morgan fingerprint density at radius 1 is 0.757 bits per heavy atom. The first-order chi connectivity index (χ1) is 16.4. The maximum Gasteiger partial charge on any atom is 0 e. The summed E-state index contributed by atoms with van der Waals surface area (Å²) < 4.78 is 0. The fourth-order valence-electron chi connectivity index (χ4n) is 1.89. The molecule has 4 heteroatoms. The molecule has 0 bridgehead atoms. The first-order valence-corrected chi connectivity index (χ1v) is 18.7. The fraction of sp³-hybridized carbons (Fsp3) is 0.879. The Kier molecular flexibility index (Phi) is 110. The summed E-state index contributed by atoms with van der Waals surface area (Å²) in [6.07, 6.45) is 12.5. The van der Waals surface area contributed by atoms with Gasteiger partial charge in [-0.15, -0.1) is 6.58 Å². The van der Waals surface area contributed by atoms with Gasteiger partial charge in [0.15, 0.2) is 0 Å². The summed E-state index contributed by atoms with van der Waals surface area (Å²) in [4.78, 5) is 0. The molecule has 0 heterocycles. The number of hydrogen-bond donors (Lipinski definition) is 0. The zero-order valence-corrected chi connectivity index (χ0v) is 31.7. The monoisotopic (exact) mass is 639 g/mol. The van der Waals surface area contributed by atoms with Gasteiger partial charge in [0.05, 0.1) is 19.8 Å². The van der Waals surface area contributed by atoms with Crippen LogP contribution in [0.15, 0.2) is 12.7 Å². The molecule has 0 atom stereocenters. The predicted molar refractivity (Wildman–Crippen MR) is 190 cm³/mol. The van der Waals surface area contributed by atoms with E-state index in [1.807, 2.05) is 6.92 Å². The van der Waals surface area contributed by atoms with E-state index in [-0.39, 0.29) is 10.3 Å². The number of halogens is 3. The predicted octanol–water partition coefficient (Wildman–Crippen LogP) is 16.1. The normalized spacial score (nSPS) is 8.76. The van der Waals surface area contributed by atoms with E-state index in [0.29, 0.717) is 0 Å². The van der Waals surface area contributed by atoms with Crippen LogP contribution in [0.25, 0.3) is 0 Å². The van der Waals surface area contributed by atoms with Gasteiger partial charge in [-0.1, -0.05) is 136 Å². The average Bonchev–Trinajstić information content (AvgIpc) is 2.62. The molecule has 0 aliphatic rings. The molecular formula is C33H82Cl3Fe. The van der Waals surface area contributed by atoms with E-state index < -0.39 is 11.2 Å². The van der Waals surface area contributed by atoms with E-state index in [1.165, 1.54) is 32.1 Å². The van der Waals surface area contributed by atoms with Crippen molar-refractivity contribution in [3.63, 3.8) is 0 Å². The van der Waals surface area contributed by atoms with Crippen molar-refractivity contribution in [2.24, 2.45) is 29.6 Å². The van der Waals surface area contributed by atoms with Crippen LogP contribution in [0.1, 0.15) is 167 Å². The molecule has 243 valence electrons. The Morgan fingerprint density at radius 2 is 0.973 bits per heavy atom. The van der Waals surface area contributed by atoms with Crippen LogP contribution in [0.3, 0.4) is 0 Å². The van der Waals surface area contributed by atoms with Crippen molar-refractivity contribution in [3.05, 3.63) is 25.5 Å². The molecule has 0 N–H and O–H groups in total. The smallest absolute Gasteiger partial charge is 0 e. The Morgan fingerprint density at radius 3 is 0.973 bits per heavy atom. The van der Waals surface area contributed by atoms with E-state index in [2.05, 4.69) is 137 Å². The minimum Gasteiger partial charge on any atom is 0 e. The van der Waals surface area contributed by atoms with Crippen LogP contribution < -0.4 is 0 Å².